The zero-order chi connectivity index (χ0) is 10.8. The zero-order valence-electron chi connectivity index (χ0n) is 9.04. The Kier molecular flexibility index (Phi) is 3.32. The van der Waals surface area contributed by atoms with Crippen molar-refractivity contribution in [1.29, 1.82) is 0 Å². The molecule has 0 atom stereocenters. The van der Waals surface area contributed by atoms with E-state index in [0.29, 0.717) is 6.54 Å². The lowest BCUT2D eigenvalue weighted by Crippen LogP contribution is -2.37. The lowest BCUT2D eigenvalue weighted by molar-refractivity contribution is 0.401. The molecule has 1 fully saturated rings. The molecule has 1 aromatic rings. The van der Waals surface area contributed by atoms with Crippen LogP contribution in [0, 0.1) is 0 Å². The van der Waals surface area contributed by atoms with Crippen molar-refractivity contribution in [3.8, 4) is 0 Å². The Hall–Kier alpha value is -0.540. The summed E-state index contributed by atoms with van der Waals surface area (Å²) < 4.78 is 1.12. The summed E-state index contributed by atoms with van der Waals surface area (Å²) in [6.45, 7) is 0.591. The maximum Gasteiger partial charge on any atom is 0.0377 e. The second kappa shape index (κ2) is 4.54. The van der Waals surface area contributed by atoms with Crippen LogP contribution >= 0.6 is 15.9 Å². The molecule has 2 N–H and O–H groups in total. The lowest BCUT2D eigenvalue weighted by atomic mass is 9.91. The topological polar surface area (TPSA) is 29.3 Å². The van der Waals surface area contributed by atoms with Crippen molar-refractivity contribution < 1.29 is 0 Å². The van der Waals surface area contributed by atoms with Gasteiger partial charge < -0.3 is 10.6 Å². The smallest absolute Gasteiger partial charge is 0.0377 e. The highest BCUT2D eigenvalue weighted by Gasteiger charge is 2.22. The molecular weight excluding hydrogens is 252 g/mol. The summed E-state index contributed by atoms with van der Waals surface area (Å²) in [4.78, 5) is 2.37. The van der Waals surface area contributed by atoms with Crippen molar-refractivity contribution in [3.05, 3.63) is 28.2 Å². The van der Waals surface area contributed by atoms with E-state index in [1.165, 1.54) is 30.5 Å². The Morgan fingerprint density at radius 3 is 2.67 bits per heavy atom. The number of hydrogen-bond acceptors (Lipinski definition) is 2. The van der Waals surface area contributed by atoms with Crippen molar-refractivity contribution in [2.45, 2.75) is 31.8 Å². The second-order valence-corrected chi connectivity index (χ2v) is 5.03. The van der Waals surface area contributed by atoms with Gasteiger partial charge in [0.2, 0.25) is 0 Å². The van der Waals surface area contributed by atoms with E-state index in [9.17, 15) is 0 Å². The summed E-state index contributed by atoms with van der Waals surface area (Å²) in [7, 11) is 2.17. The molecule has 15 heavy (non-hydrogen) atoms. The molecule has 0 unspecified atom stereocenters. The highest BCUT2D eigenvalue weighted by atomic mass is 79.9. The molecule has 1 aliphatic carbocycles. The molecule has 0 saturated heterocycles. The monoisotopic (exact) mass is 268 g/mol. The number of nitrogens with two attached hydrogens (primary N) is 1. The molecule has 2 nitrogen and oxygen atoms in total. The molecule has 0 aromatic heterocycles. The highest BCUT2D eigenvalue weighted by Crippen LogP contribution is 2.30. The Morgan fingerprint density at radius 1 is 1.47 bits per heavy atom. The van der Waals surface area contributed by atoms with E-state index in [1.54, 1.807) is 0 Å². The lowest BCUT2D eigenvalue weighted by Gasteiger charge is -2.36. The zero-order valence-corrected chi connectivity index (χ0v) is 10.6. The van der Waals surface area contributed by atoms with E-state index in [0.717, 1.165) is 10.5 Å². The summed E-state index contributed by atoms with van der Waals surface area (Å²) in [6, 6.07) is 7.17. The predicted octanol–water partition coefficient (Wildman–Crippen LogP) is 2.90. The molecule has 0 aliphatic heterocycles. The minimum atomic E-state index is 0.591. The van der Waals surface area contributed by atoms with Gasteiger partial charge in [0.1, 0.15) is 0 Å². The molecule has 0 bridgehead atoms. The maximum absolute atomic E-state index is 5.63. The molecule has 3 heteroatoms. The molecule has 1 aliphatic rings. The van der Waals surface area contributed by atoms with Gasteiger partial charge in [-0.3, -0.25) is 0 Å². The standard InChI is InChI=1S/C12H17BrN2/c1-15(10-3-2-4-10)11-6-5-9(8-14)12(13)7-11/h5-7,10H,2-4,8,14H2,1H3. The van der Waals surface area contributed by atoms with Crippen LogP contribution in [0.3, 0.4) is 0 Å². The molecule has 0 heterocycles. The fraction of sp³-hybridized carbons (Fsp3) is 0.500. The molecule has 0 radical (unpaired) electrons. The fourth-order valence-corrected chi connectivity index (χ4v) is 2.43. The second-order valence-electron chi connectivity index (χ2n) is 4.18. The fourth-order valence-electron chi connectivity index (χ4n) is 1.91. The summed E-state index contributed by atoms with van der Waals surface area (Å²) in [5, 5.41) is 0. The Bertz CT molecular complexity index is 347. The van der Waals surface area contributed by atoms with Crippen molar-refractivity contribution in [1.82, 2.24) is 0 Å². The van der Waals surface area contributed by atoms with Gasteiger partial charge in [-0.25, -0.2) is 0 Å². The third kappa shape index (κ3) is 2.18. The minimum absolute atomic E-state index is 0.591. The Morgan fingerprint density at radius 2 is 2.20 bits per heavy atom. The van der Waals surface area contributed by atoms with E-state index in [-0.39, 0.29) is 0 Å². The van der Waals surface area contributed by atoms with Gasteiger partial charge in [0.15, 0.2) is 0 Å². The molecule has 0 spiro atoms. The van der Waals surface area contributed by atoms with Crippen LogP contribution < -0.4 is 10.6 Å². The first kappa shape index (κ1) is 11.0. The third-order valence-corrected chi connectivity index (χ3v) is 4.02. The van der Waals surface area contributed by atoms with Crippen LogP contribution in [0.25, 0.3) is 0 Å². The van der Waals surface area contributed by atoms with E-state index in [1.807, 2.05) is 0 Å². The Balaban J connectivity index is 2.17. The predicted molar refractivity (Wildman–Crippen MR) is 68.1 cm³/mol. The summed E-state index contributed by atoms with van der Waals surface area (Å²) in [6.07, 6.45) is 4.02. The molecule has 82 valence electrons. The first-order valence-electron chi connectivity index (χ1n) is 5.43. The van der Waals surface area contributed by atoms with Crippen LogP contribution in [-0.4, -0.2) is 13.1 Å². The first-order valence-corrected chi connectivity index (χ1v) is 6.23. The number of hydrogen-bond donors (Lipinski definition) is 1. The summed E-state index contributed by atoms with van der Waals surface area (Å²) >= 11 is 3.56. The first-order chi connectivity index (χ1) is 7.22. The number of benzene rings is 1. The van der Waals surface area contributed by atoms with E-state index >= 15 is 0 Å². The SMILES string of the molecule is CN(c1ccc(CN)c(Br)c1)C1CCC1. The van der Waals surface area contributed by atoms with E-state index in [2.05, 4.69) is 46.1 Å². The van der Waals surface area contributed by atoms with Crippen LogP contribution in [0.5, 0.6) is 0 Å². The van der Waals surface area contributed by atoms with Crippen LogP contribution in [0.4, 0.5) is 5.69 Å². The molecular formula is C12H17BrN2. The van der Waals surface area contributed by atoms with Crippen LogP contribution in [0.1, 0.15) is 24.8 Å². The molecule has 1 aromatic carbocycles. The van der Waals surface area contributed by atoms with Crippen molar-refractivity contribution in [2.75, 3.05) is 11.9 Å². The summed E-state index contributed by atoms with van der Waals surface area (Å²) in [5.74, 6) is 0. The van der Waals surface area contributed by atoms with Crippen molar-refractivity contribution >= 4 is 21.6 Å². The van der Waals surface area contributed by atoms with Gasteiger partial charge in [-0.15, -0.1) is 0 Å². The van der Waals surface area contributed by atoms with Gasteiger partial charge in [-0.05, 0) is 37.0 Å². The number of nitrogens with zero attached hydrogens (tertiary/aromatic N) is 1. The van der Waals surface area contributed by atoms with Gasteiger partial charge in [0.05, 0.1) is 0 Å². The average Bonchev–Trinajstić information content (AvgIpc) is 2.15. The Labute approximate surface area is 99.6 Å². The van der Waals surface area contributed by atoms with Gasteiger partial charge >= 0.3 is 0 Å². The summed E-state index contributed by atoms with van der Waals surface area (Å²) in [5.41, 5.74) is 8.08. The highest BCUT2D eigenvalue weighted by molar-refractivity contribution is 9.10. The van der Waals surface area contributed by atoms with Gasteiger partial charge in [0, 0.05) is 29.8 Å². The number of rotatable bonds is 3. The van der Waals surface area contributed by atoms with E-state index in [4.69, 9.17) is 5.73 Å². The quantitative estimate of drug-likeness (QED) is 0.914. The van der Waals surface area contributed by atoms with Crippen LogP contribution in [0.15, 0.2) is 22.7 Å². The molecule has 0 amide bonds. The molecule has 2 rings (SSSR count). The minimum Gasteiger partial charge on any atom is -0.372 e. The van der Waals surface area contributed by atoms with Gasteiger partial charge in [0.25, 0.3) is 0 Å². The number of anilines is 1. The largest absolute Gasteiger partial charge is 0.372 e. The van der Waals surface area contributed by atoms with Crippen molar-refractivity contribution in [3.63, 3.8) is 0 Å². The van der Waals surface area contributed by atoms with Gasteiger partial charge in [-0.1, -0.05) is 22.0 Å². The van der Waals surface area contributed by atoms with E-state index < -0.39 is 0 Å². The van der Waals surface area contributed by atoms with Crippen molar-refractivity contribution in [2.24, 2.45) is 5.73 Å². The third-order valence-electron chi connectivity index (χ3n) is 3.29. The average molecular weight is 269 g/mol. The van der Waals surface area contributed by atoms with Crippen LogP contribution in [-0.2, 0) is 6.54 Å². The molecule has 1 saturated carbocycles. The normalized spacial score (nSPS) is 16.2. The maximum atomic E-state index is 5.63. The van der Waals surface area contributed by atoms with Crippen LogP contribution in [0.2, 0.25) is 0 Å². The van der Waals surface area contributed by atoms with Gasteiger partial charge in [-0.2, -0.15) is 0 Å². The number of halogens is 1.